The number of anilines is 3. The highest BCUT2D eigenvalue weighted by Gasteiger charge is 2.23. The van der Waals surface area contributed by atoms with Crippen molar-refractivity contribution in [1.29, 1.82) is 0 Å². The molecule has 1 aromatic carbocycles. The van der Waals surface area contributed by atoms with Crippen LogP contribution >= 0.6 is 11.3 Å². The molecule has 0 spiro atoms. The Morgan fingerprint density at radius 3 is 2.36 bits per heavy atom. The second kappa shape index (κ2) is 9.83. The zero-order valence-electron chi connectivity index (χ0n) is 19.9. The third-order valence-electron chi connectivity index (χ3n) is 5.77. The molecule has 1 amide bonds. The zero-order chi connectivity index (χ0) is 23.4. The van der Waals surface area contributed by atoms with E-state index in [2.05, 4.69) is 72.7 Å². The molecular formula is C26H33N5OS. The van der Waals surface area contributed by atoms with Gasteiger partial charge in [0.05, 0.1) is 16.3 Å². The highest BCUT2D eigenvalue weighted by molar-refractivity contribution is 7.12. The van der Waals surface area contributed by atoms with Crippen molar-refractivity contribution in [3.63, 3.8) is 0 Å². The van der Waals surface area contributed by atoms with Crippen LogP contribution in [0.1, 0.15) is 30.4 Å². The average molecular weight is 464 g/mol. The molecule has 33 heavy (non-hydrogen) atoms. The van der Waals surface area contributed by atoms with E-state index in [0.29, 0.717) is 0 Å². The highest BCUT2D eigenvalue weighted by atomic mass is 32.1. The van der Waals surface area contributed by atoms with Crippen molar-refractivity contribution in [2.75, 3.05) is 55.3 Å². The number of nitrogens with one attached hydrogen (secondary N) is 2. The molecule has 4 rings (SSSR count). The average Bonchev–Trinajstić information content (AvgIpc) is 3.37. The normalized spacial score (nSPS) is 14.3. The molecule has 7 heteroatoms. The van der Waals surface area contributed by atoms with Gasteiger partial charge in [-0.05, 0) is 41.1 Å². The minimum absolute atomic E-state index is 0.145. The van der Waals surface area contributed by atoms with Crippen LogP contribution in [0.15, 0.2) is 53.9 Å². The van der Waals surface area contributed by atoms with Gasteiger partial charge < -0.3 is 20.4 Å². The van der Waals surface area contributed by atoms with Crippen LogP contribution in [0, 0.1) is 5.41 Å². The Balaban J connectivity index is 1.40. The fourth-order valence-corrected chi connectivity index (χ4v) is 4.57. The van der Waals surface area contributed by atoms with Gasteiger partial charge in [0.2, 0.25) is 0 Å². The number of nitrogens with zero attached hydrogens (tertiary/aromatic N) is 3. The molecule has 1 saturated heterocycles. The molecule has 1 aliphatic heterocycles. The SMILES string of the molecule is CNc1nc(-c2ccc(N3CCN(C(=O)c4cccs4)CC3)cc2)ccc1NCC(C)(C)C. The van der Waals surface area contributed by atoms with Gasteiger partial charge in [0, 0.05) is 51.0 Å². The van der Waals surface area contributed by atoms with Gasteiger partial charge in [-0.3, -0.25) is 4.79 Å². The molecule has 0 bridgehead atoms. The summed E-state index contributed by atoms with van der Waals surface area (Å²) in [5, 5.41) is 8.67. The summed E-state index contributed by atoms with van der Waals surface area (Å²) >= 11 is 1.51. The summed E-state index contributed by atoms with van der Waals surface area (Å²) < 4.78 is 0. The molecule has 0 unspecified atom stereocenters. The zero-order valence-corrected chi connectivity index (χ0v) is 20.7. The van der Waals surface area contributed by atoms with E-state index in [9.17, 15) is 4.79 Å². The molecule has 1 aliphatic rings. The Kier molecular flexibility index (Phi) is 6.88. The minimum atomic E-state index is 0.145. The first-order valence-corrected chi connectivity index (χ1v) is 12.3. The summed E-state index contributed by atoms with van der Waals surface area (Å²) in [6.45, 7) is 10.7. The number of rotatable bonds is 6. The standard InChI is InChI=1S/C26H33N5OS/c1-26(2,3)18-28-22-12-11-21(29-24(22)27-4)19-7-9-20(10-8-19)30-13-15-31(16-14-30)25(32)23-6-5-17-33-23/h5-12,17,28H,13-16,18H2,1-4H3,(H,27,29). The molecule has 0 saturated carbocycles. The molecule has 2 aromatic heterocycles. The summed E-state index contributed by atoms with van der Waals surface area (Å²) in [7, 11) is 1.90. The Morgan fingerprint density at radius 2 is 1.76 bits per heavy atom. The van der Waals surface area contributed by atoms with Crippen LogP contribution in [0.25, 0.3) is 11.3 Å². The summed E-state index contributed by atoms with van der Waals surface area (Å²) in [4.78, 5) is 22.5. The number of carbonyl (C=O) groups excluding carboxylic acids is 1. The van der Waals surface area contributed by atoms with E-state index in [-0.39, 0.29) is 11.3 Å². The minimum Gasteiger partial charge on any atom is -0.382 e. The number of amides is 1. The lowest BCUT2D eigenvalue weighted by molar-refractivity contribution is 0.0751. The van der Waals surface area contributed by atoms with Crippen LogP contribution in [-0.2, 0) is 0 Å². The lowest BCUT2D eigenvalue weighted by atomic mass is 9.97. The van der Waals surface area contributed by atoms with Crippen molar-refractivity contribution >= 4 is 34.4 Å². The molecular weight excluding hydrogens is 430 g/mol. The van der Waals surface area contributed by atoms with Gasteiger partial charge in [0.1, 0.15) is 5.82 Å². The van der Waals surface area contributed by atoms with Crippen LogP contribution < -0.4 is 15.5 Å². The fraction of sp³-hybridized carbons (Fsp3) is 0.385. The predicted molar refractivity (Wildman–Crippen MR) is 140 cm³/mol. The van der Waals surface area contributed by atoms with Crippen molar-refractivity contribution in [3.8, 4) is 11.3 Å². The number of benzene rings is 1. The maximum absolute atomic E-state index is 12.6. The second-order valence-electron chi connectivity index (χ2n) is 9.56. The third kappa shape index (κ3) is 5.66. The lowest BCUT2D eigenvalue weighted by Crippen LogP contribution is -2.48. The third-order valence-corrected chi connectivity index (χ3v) is 6.63. The van der Waals surface area contributed by atoms with E-state index in [0.717, 1.165) is 60.4 Å². The first-order valence-electron chi connectivity index (χ1n) is 11.4. The Bertz CT molecular complexity index is 1070. The Labute approximate surface area is 200 Å². The van der Waals surface area contributed by atoms with Crippen LogP contribution in [0.4, 0.5) is 17.2 Å². The predicted octanol–water partition coefficient (Wildman–Crippen LogP) is 5.27. The number of hydrogen-bond acceptors (Lipinski definition) is 6. The van der Waals surface area contributed by atoms with Crippen molar-refractivity contribution in [2.45, 2.75) is 20.8 Å². The van der Waals surface area contributed by atoms with Crippen LogP contribution in [0.3, 0.4) is 0 Å². The molecule has 6 nitrogen and oxygen atoms in total. The molecule has 2 N–H and O–H groups in total. The molecule has 0 radical (unpaired) electrons. The number of pyridine rings is 1. The lowest BCUT2D eigenvalue weighted by Gasteiger charge is -2.36. The number of hydrogen-bond donors (Lipinski definition) is 2. The fourth-order valence-electron chi connectivity index (χ4n) is 3.88. The number of piperazine rings is 1. The van der Waals surface area contributed by atoms with Crippen molar-refractivity contribution < 1.29 is 4.79 Å². The maximum Gasteiger partial charge on any atom is 0.264 e. The van der Waals surface area contributed by atoms with E-state index in [1.807, 2.05) is 29.5 Å². The van der Waals surface area contributed by atoms with Gasteiger partial charge in [0.15, 0.2) is 0 Å². The highest BCUT2D eigenvalue weighted by Crippen LogP contribution is 2.28. The maximum atomic E-state index is 12.6. The second-order valence-corrected chi connectivity index (χ2v) is 10.5. The molecule has 0 aliphatic carbocycles. The summed E-state index contributed by atoms with van der Waals surface area (Å²) in [6.07, 6.45) is 0. The molecule has 3 heterocycles. The number of carbonyl (C=O) groups is 1. The number of thiophene rings is 1. The van der Waals surface area contributed by atoms with Crippen molar-refractivity contribution in [1.82, 2.24) is 9.88 Å². The van der Waals surface area contributed by atoms with Crippen LogP contribution in [-0.4, -0.2) is 55.6 Å². The largest absolute Gasteiger partial charge is 0.382 e. The topological polar surface area (TPSA) is 60.5 Å². The molecule has 3 aromatic rings. The van der Waals surface area contributed by atoms with Gasteiger partial charge >= 0.3 is 0 Å². The van der Waals surface area contributed by atoms with Crippen molar-refractivity contribution in [3.05, 3.63) is 58.8 Å². The van der Waals surface area contributed by atoms with Gasteiger partial charge in [0.25, 0.3) is 5.91 Å². The molecule has 0 atom stereocenters. The van der Waals surface area contributed by atoms with E-state index in [1.54, 1.807) is 0 Å². The first-order chi connectivity index (χ1) is 15.8. The molecule has 174 valence electrons. The summed E-state index contributed by atoms with van der Waals surface area (Å²) in [5.74, 6) is 0.999. The molecule has 1 fully saturated rings. The van der Waals surface area contributed by atoms with Gasteiger partial charge in [-0.25, -0.2) is 4.98 Å². The Hall–Kier alpha value is -3.06. The summed E-state index contributed by atoms with van der Waals surface area (Å²) in [6, 6.07) is 16.6. The number of aromatic nitrogens is 1. The quantitative estimate of drug-likeness (QED) is 0.521. The van der Waals surface area contributed by atoms with E-state index in [1.165, 1.54) is 17.0 Å². The van der Waals surface area contributed by atoms with E-state index in [4.69, 9.17) is 4.98 Å². The van der Waals surface area contributed by atoms with E-state index < -0.39 is 0 Å². The van der Waals surface area contributed by atoms with Crippen molar-refractivity contribution in [2.24, 2.45) is 5.41 Å². The van der Waals surface area contributed by atoms with Crippen LogP contribution in [0.2, 0.25) is 0 Å². The smallest absolute Gasteiger partial charge is 0.264 e. The van der Waals surface area contributed by atoms with Gasteiger partial charge in [-0.1, -0.05) is 39.0 Å². The van der Waals surface area contributed by atoms with Gasteiger partial charge in [-0.15, -0.1) is 11.3 Å². The van der Waals surface area contributed by atoms with E-state index >= 15 is 0 Å². The monoisotopic (exact) mass is 463 g/mol. The van der Waals surface area contributed by atoms with Crippen LogP contribution in [0.5, 0.6) is 0 Å². The Morgan fingerprint density at radius 1 is 1.03 bits per heavy atom. The first kappa shape index (κ1) is 23.1. The summed E-state index contributed by atoms with van der Waals surface area (Å²) in [5.41, 5.74) is 4.42. The van der Waals surface area contributed by atoms with Gasteiger partial charge in [-0.2, -0.15) is 0 Å².